The molecular weight excluding hydrogens is 308 g/mol. The number of halogens is 2. The molecule has 0 unspecified atom stereocenters. The first-order valence-corrected chi connectivity index (χ1v) is 5.96. The van der Waals surface area contributed by atoms with E-state index in [-0.39, 0.29) is 0 Å². The number of hydrogen-bond acceptors (Lipinski definition) is 1. The van der Waals surface area contributed by atoms with Gasteiger partial charge in [0.1, 0.15) is 5.75 Å². The summed E-state index contributed by atoms with van der Waals surface area (Å²) < 4.78 is 6.22. The molecule has 0 saturated heterocycles. The molecule has 0 aliphatic heterocycles. The Bertz CT molecular complexity index is 319. The van der Waals surface area contributed by atoms with E-state index in [0.29, 0.717) is 0 Å². The molecule has 76 valence electrons. The summed E-state index contributed by atoms with van der Waals surface area (Å²) in [6.07, 6.45) is 3.01. The van der Waals surface area contributed by atoms with Crippen LogP contribution in [0.15, 0.2) is 21.6 Å². The molecule has 1 aromatic carbocycles. The van der Waals surface area contributed by atoms with Gasteiger partial charge in [0.15, 0.2) is 0 Å². The molecule has 0 saturated carbocycles. The minimum atomic E-state index is 0.903. The van der Waals surface area contributed by atoms with Crippen LogP contribution >= 0.6 is 31.9 Å². The Morgan fingerprint density at radius 1 is 1.43 bits per heavy atom. The molecule has 0 bridgehead atoms. The molecule has 14 heavy (non-hydrogen) atoms. The number of rotatable bonds is 3. The highest BCUT2D eigenvalue weighted by molar-refractivity contribution is 9.28. The SMILES string of the molecule is CCc1cccc(OC)c1C=C(Br)Br. The van der Waals surface area contributed by atoms with E-state index >= 15 is 0 Å². The molecule has 3 heteroatoms. The van der Waals surface area contributed by atoms with E-state index in [1.807, 2.05) is 18.2 Å². The van der Waals surface area contributed by atoms with Crippen molar-refractivity contribution in [3.8, 4) is 5.75 Å². The van der Waals surface area contributed by atoms with Crippen LogP contribution in [0.2, 0.25) is 0 Å². The van der Waals surface area contributed by atoms with Crippen LogP contribution in [-0.2, 0) is 6.42 Å². The summed E-state index contributed by atoms with van der Waals surface area (Å²) in [6, 6.07) is 6.09. The number of benzene rings is 1. The molecule has 0 aromatic heterocycles. The molecule has 0 fully saturated rings. The minimum Gasteiger partial charge on any atom is -0.496 e. The van der Waals surface area contributed by atoms with Gasteiger partial charge in [-0.1, -0.05) is 19.1 Å². The largest absolute Gasteiger partial charge is 0.496 e. The second-order valence-electron chi connectivity index (χ2n) is 2.82. The molecule has 1 rings (SSSR count). The third-order valence-corrected chi connectivity index (χ3v) is 2.47. The van der Waals surface area contributed by atoms with Gasteiger partial charge in [0.2, 0.25) is 0 Å². The van der Waals surface area contributed by atoms with Gasteiger partial charge in [-0.25, -0.2) is 0 Å². The second kappa shape index (κ2) is 5.56. The Morgan fingerprint density at radius 2 is 2.14 bits per heavy atom. The summed E-state index contributed by atoms with van der Waals surface area (Å²) in [6.45, 7) is 2.13. The smallest absolute Gasteiger partial charge is 0.126 e. The van der Waals surface area contributed by atoms with Crippen LogP contribution < -0.4 is 4.74 Å². The predicted octanol–water partition coefficient (Wildman–Crippen LogP) is 4.35. The highest BCUT2D eigenvalue weighted by atomic mass is 79.9. The molecule has 0 atom stereocenters. The van der Waals surface area contributed by atoms with E-state index < -0.39 is 0 Å². The summed E-state index contributed by atoms with van der Waals surface area (Å²) >= 11 is 6.72. The van der Waals surface area contributed by atoms with E-state index in [4.69, 9.17) is 4.74 Å². The maximum absolute atomic E-state index is 5.30. The number of aryl methyl sites for hydroxylation is 1. The molecule has 0 radical (unpaired) electrons. The predicted molar refractivity (Wildman–Crippen MR) is 68.2 cm³/mol. The first-order valence-electron chi connectivity index (χ1n) is 4.37. The third-order valence-electron chi connectivity index (χ3n) is 2.01. The van der Waals surface area contributed by atoms with Gasteiger partial charge in [0.25, 0.3) is 0 Å². The van der Waals surface area contributed by atoms with E-state index in [1.165, 1.54) is 5.56 Å². The molecule has 0 aliphatic carbocycles. The molecule has 0 spiro atoms. The van der Waals surface area contributed by atoms with Gasteiger partial charge in [-0.15, -0.1) is 0 Å². The molecule has 0 aliphatic rings. The van der Waals surface area contributed by atoms with Crippen molar-refractivity contribution in [1.82, 2.24) is 0 Å². The summed E-state index contributed by atoms with van der Waals surface area (Å²) in [5.41, 5.74) is 2.40. The van der Waals surface area contributed by atoms with Crippen LogP contribution in [0.3, 0.4) is 0 Å². The van der Waals surface area contributed by atoms with Crippen molar-refractivity contribution in [3.63, 3.8) is 0 Å². The fourth-order valence-corrected chi connectivity index (χ4v) is 1.81. The van der Waals surface area contributed by atoms with Crippen LogP contribution in [0.25, 0.3) is 6.08 Å². The summed E-state index contributed by atoms with van der Waals surface area (Å²) in [7, 11) is 1.69. The van der Waals surface area contributed by atoms with Crippen molar-refractivity contribution in [3.05, 3.63) is 32.7 Å². The second-order valence-corrected chi connectivity index (χ2v) is 5.59. The van der Waals surface area contributed by atoms with Crippen molar-refractivity contribution in [2.75, 3.05) is 7.11 Å². The van der Waals surface area contributed by atoms with E-state index in [0.717, 1.165) is 21.1 Å². The van der Waals surface area contributed by atoms with Gasteiger partial charge in [-0.2, -0.15) is 0 Å². The maximum atomic E-state index is 5.30. The van der Waals surface area contributed by atoms with Gasteiger partial charge < -0.3 is 4.74 Å². The van der Waals surface area contributed by atoms with Crippen LogP contribution in [0.5, 0.6) is 5.75 Å². The quantitative estimate of drug-likeness (QED) is 0.805. The van der Waals surface area contributed by atoms with Gasteiger partial charge in [0, 0.05) is 5.56 Å². The summed E-state index contributed by atoms with van der Waals surface area (Å²) in [4.78, 5) is 0. The van der Waals surface area contributed by atoms with Gasteiger partial charge in [0.05, 0.1) is 10.5 Å². The van der Waals surface area contributed by atoms with Crippen LogP contribution in [0, 0.1) is 0 Å². The lowest BCUT2D eigenvalue weighted by atomic mass is 10.0. The Morgan fingerprint density at radius 3 is 2.64 bits per heavy atom. The average molecular weight is 320 g/mol. The zero-order valence-electron chi connectivity index (χ0n) is 8.18. The van der Waals surface area contributed by atoms with Crippen LogP contribution in [0.4, 0.5) is 0 Å². The standard InChI is InChI=1S/C11H12Br2O/c1-3-8-5-4-6-10(14-2)9(8)7-11(12)13/h4-7H,3H2,1-2H3. The number of ether oxygens (including phenoxy) is 1. The van der Waals surface area contributed by atoms with Crippen molar-refractivity contribution in [2.45, 2.75) is 13.3 Å². The lowest BCUT2D eigenvalue weighted by Crippen LogP contribution is -1.92. The van der Waals surface area contributed by atoms with Crippen molar-refractivity contribution in [1.29, 1.82) is 0 Å². The summed E-state index contributed by atoms with van der Waals surface area (Å²) in [5.74, 6) is 0.903. The number of hydrogen-bond donors (Lipinski definition) is 0. The maximum Gasteiger partial charge on any atom is 0.126 e. The Kier molecular flexibility index (Phi) is 4.69. The van der Waals surface area contributed by atoms with Crippen molar-refractivity contribution < 1.29 is 4.74 Å². The zero-order valence-corrected chi connectivity index (χ0v) is 11.4. The van der Waals surface area contributed by atoms with Crippen molar-refractivity contribution in [2.24, 2.45) is 0 Å². The van der Waals surface area contributed by atoms with Gasteiger partial charge in [-0.3, -0.25) is 0 Å². The fourth-order valence-electron chi connectivity index (χ4n) is 1.35. The highest BCUT2D eigenvalue weighted by Crippen LogP contribution is 2.28. The van der Waals surface area contributed by atoms with Crippen LogP contribution in [-0.4, -0.2) is 7.11 Å². The fraction of sp³-hybridized carbons (Fsp3) is 0.273. The molecular formula is C11H12Br2O. The Balaban J connectivity index is 3.26. The lowest BCUT2D eigenvalue weighted by Gasteiger charge is -2.09. The highest BCUT2D eigenvalue weighted by Gasteiger charge is 2.04. The van der Waals surface area contributed by atoms with Crippen LogP contribution in [0.1, 0.15) is 18.1 Å². The minimum absolute atomic E-state index is 0.903. The van der Waals surface area contributed by atoms with E-state index in [2.05, 4.69) is 44.8 Å². The zero-order chi connectivity index (χ0) is 10.6. The molecule has 0 heterocycles. The average Bonchev–Trinajstić information content (AvgIpc) is 2.17. The third kappa shape index (κ3) is 2.85. The lowest BCUT2D eigenvalue weighted by molar-refractivity contribution is 0.413. The van der Waals surface area contributed by atoms with Gasteiger partial charge >= 0.3 is 0 Å². The first kappa shape index (κ1) is 11.8. The van der Waals surface area contributed by atoms with Gasteiger partial charge in [-0.05, 0) is 56.0 Å². The normalized spacial score (nSPS) is 9.71. The molecule has 1 nitrogen and oxygen atoms in total. The Hall–Kier alpha value is -0.280. The van der Waals surface area contributed by atoms with E-state index in [1.54, 1.807) is 7.11 Å². The van der Waals surface area contributed by atoms with Crippen molar-refractivity contribution >= 4 is 37.9 Å². The first-order chi connectivity index (χ1) is 6.69. The Labute approximate surface area is 101 Å². The molecule has 0 N–H and O–H groups in total. The topological polar surface area (TPSA) is 9.23 Å². The van der Waals surface area contributed by atoms with E-state index in [9.17, 15) is 0 Å². The monoisotopic (exact) mass is 318 g/mol. The molecule has 1 aromatic rings. The summed E-state index contributed by atoms with van der Waals surface area (Å²) in [5, 5.41) is 0. The number of methoxy groups -OCH3 is 1. The molecule has 0 amide bonds.